The molecule has 0 N–H and O–H groups in total. The Bertz CT molecular complexity index is 182. The van der Waals surface area contributed by atoms with Crippen LogP contribution in [0.1, 0.15) is 40.0 Å². The van der Waals surface area contributed by atoms with Gasteiger partial charge in [0, 0.05) is 0 Å². The van der Waals surface area contributed by atoms with Gasteiger partial charge < -0.3 is 0 Å². The van der Waals surface area contributed by atoms with Gasteiger partial charge in [-0.25, -0.2) is 0 Å². The van der Waals surface area contributed by atoms with E-state index >= 15 is 0 Å². The zero-order chi connectivity index (χ0) is 7.56. The summed E-state index contributed by atoms with van der Waals surface area (Å²) in [7, 11) is 0. The van der Waals surface area contributed by atoms with E-state index in [4.69, 9.17) is 0 Å². The van der Waals surface area contributed by atoms with Gasteiger partial charge in [-0.1, -0.05) is 36.1 Å². The molecule has 1 rings (SSSR count). The molecule has 0 heteroatoms. The first-order chi connectivity index (χ1) is 4.74. The molecule has 0 spiro atoms. The van der Waals surface area contributed by atoms with Gasteiger partial charge in [-0.3, -0.25) is 0 Å². The zero-order valence-corrected chi connectivity index (χ0v) is 7.20. The van der Waals surface area contributed by atoms with Crippen LogP contribution in [0.25, 0.3) is 0 Å². The predicted octanol–water partition coefficient (Wildman–Crippen LogP) is 3.45. The highest BCUT2D eigenvalue weighted by molar-refractivity contribution is 5.36. The summed E-state index contributed by atoms with van der Waals surface area (Å²) < 4.78 is 0. The number of hydrogen-bond acceptors (Lipinski definition) is 0. The Morgan fingerprint density at radius 1 is 1.40 bits per heavy atom. The average Bonchev–Trinajstić information content (AvgIpc) is 2.13. The Morgan fingerprint density at radius 2 is 2.10 bits per heavy atom. The van der Waals surface area contributed by atoms with Crippen molar-refractivity contribution in [2.24, 2.45) is 0 Å². The van der Waals surface area contributed by atoms with Crippen molar-refractivity contribution in [1.82, 2.24) is 0 Å². The minimum Gasteiger partial charge on any atom is -0.0690 e. The Balaban J connectivity index is 2.58. The fraction of sp³-hybridized carbons (Fsp3) is 0.600. The summed E-state index contributed by atoms with van der Waals surface area (Å²) in [6, 6.07) is 0. The highest BCUT2D eigenvalue weighted by Crippen LogP contribution is 2.27. The van der Waals surface area contributed by atoms with Gasteiger partial charge in [0.05, 0.1) is 0 Å². The molecule has 0 atom stereocenters. The minimum absolute atomic E-state index is 1.24. The van der Waals surface area contributed by atoms with E-state index in [1.54, 1.807) is 5.57 Å². The maximum absolute atomic E-state index is 2.31. The molecule has 0 aromatic heterocycles. The quantitative estimate of drug-likeness (QED) is 0.545. The van der Waals surface area contributed by atoms with Gasteiger partial charge in [-0.05, 0) is 26.7 Å². The molecule has 0 heterocycles. The lowest BCUT2D eigenvalue weighted by Crippen LogP contribution is -1.80. The Kier molecular flexibility index (Phi) is 2.31. The second-order valence-electron chi connectivity index (χ2n) is 3.20. The van der Waals surface area contributed by atoms with E-state index in [1.165, 1.54) is 30.4 Å². The molecule has 0 nitrogen and oxygen atoms in total. The van der Waals surface area contributed by atoms with Crippen LogP contribution in [0.15, 0.2) is 22.8 Å². The molecule has 0 fully saturated rings. The second-order valence-corrected chi connectivity index (χ2v) is 3.20. The van der Waals surface area contributed by atoms with E-state index in [0.29, 0.717) is 0 Å². The third kappa shape index (κ3) is 1.50. The maximum Gasteiger partial charge on any atom is -0.0102 e. The Morgan fingerprint density at radius 3 is 2.50 bits per heavy atom. The first kappa shape index (κ1) is 7.59. The molecular weight excluding hydrogens is 120 g/mol. The van der Waals surface area contributed by atoms with E-state index in [0.717, 1.165) is 0 Å². The van der Waals surface area contributed by atoms with Crippen molar-refractivity contribution < 1.29 is 0 Å². The van der Waals surface area contributed by atoms with E-state index in [1.807, 2.05) is 0 Å². The molecule has 10 heavy (non-hydrogen) atoms. The Hall–Kier alpha value is -0.520. The SMILES string of the molecule is CCCC1=C(C)C=C(C)C1. The monoisotopic (exact) mass is 136 g/mol. The van der Waals surface area contributed by atoms with Crippen LogP contribution in [0, 0.1) is 0 Å². The average molecular weight is 136 g/mol. The van der Waals surface area contributed by atoms with Crippen molar-refractivity contribution in [2.75, 3.05) is 0 Å². The van der Waals surface area contributed by atoms with Crippen molar-refractivity contribution >= 4 is 0 Å². The third-order valence-electron chi connectivity index (χ3n) is 2.06. The summed E-state index contributed by atoms with van der Waals surface area (Å²) in [6.45, 7) is 6.68. The minimum atomic E-state index is 1.24. The van der Waals surface area contributed by atoms with E-state index in [-0.39, 0.29) is 0 Å². The van der Waals surface area contributed by atoms with Gasteiger partial charge in [0.2, 0.25) is 0 Å². The van der Waals surface area contributed by atoms with Crippen LogP contribution >= 0.6 is 0 Å². The van der Waals surface area contributed by atoms with Gasteiger partial charge >= 0.3 is 0 Å². The van der Waals surface area contributed by atoms with Gasteiger partial charge in [0.15, 0.2) is 0 Å². The molecule has 0 radical (unpaired) electrons. The van der Waals surface area contributed by atoms with Gasteiger partial charge in [0.1, 0.15) is 0 Å². The second kappa shape index (κ2) is 3.05. The highest BCUT2D eigenvalue weighted by Gasteiger charge is 2.07. The van der Waals surface area contributed by atoms with Crippen LogP contribution in [0.2, 0.25) is 0 Å². The molecule has 0 saturated heterocycles. The zero-order valence-electron chi connectivity index (χ0n) is 7.20. The standard InChI is InChI=1S/C10H16/c1-4-5-10-7-8(2)6-9(10)3/h6H,4-5,7H2,1-3H3. The van der Waals surface area contributed by atoms with Crippen LogP contribution in [0.3, 0.4) is 0 Å². The smallest absolute Gasteiger partial charge is 0.0102 e. The fourth-order valence-corrected chi connectivity index (χ4v) is 1.59. The molecular formula is C10H16. The van der Waals surface area contributed by atoms with Crippen molar-refractivity contribution in [2.45, 2.75) is 40.0 Å². The summed E-state index contributed by atoms with van der Waals surface area (Å²) in [4.78, 5) is 0. The van der Waals surface area contributed by atoms with Gasteiger partial charge in [-0.15, -0.1) is 0 Å². The summed E-state index contributed by atoms with van der Waals surface area (Å²) in [5.74, 6) is 0. The lowest BCUT2D eigenvalue weighted by molar-refractivity contribution is 0.869. The first-order valence-corrected chi connectivity index (χ1v) is 4.10. The molecule has 1 aliphatic carbocycles. The molecule has 0 unspecified atom stereocenters. The summed E-state index contributed by atoms with van der Waals surface area (Å²) in [6.07, 6.45) is 6.12. The molecule has 0 saturated carbocycles. The number of hydrogen-bond donors (Lipinski definition) is 0. The molecule has 1 aliphatic rings. The van der Waals surface area contributed by atoms with Crippen molar-refractivity contribution in [3.8, 4) is 0 Å². The molecule has 0 aromatic rings. The lowest BCUT2D eigenvalue weighted by atomic mass is 10.1. The summed E-state index contributed by atoms with van der Waals surface area (Å²) in [5, 5.41) is 0. The van der Waals surface area contributed by atoms with Gasteiger partial charge in [-0.2, -0.15) is 0 Å². The maximum atomic E-state index is 2.31. The van der Waals surface area contributed by atoms with Gasteiger partial charge in [0.25, 0.3) is 0 Å². The molecule has 0 aliphatic heterocycles. The topological polar surface area (TPSA) is 0 Å². The number of rotatable bonds is 2. The molecule has 0 aromatic carbocycles. The normalized spacial score (nSPS) is 18.1. The van der Waals surface area contributed by atoms with Crippen LogP contribution < -0.4 is 0 Å². The van der Waals surface area contributed by atoms with Crippen LogP contribution in [-0.4, -0.2) is 0 Å². The molecule has 56 valence electrons. The highest BCUT2D eigenvalue weighted by atomic mass is 14.1. The fourth-order valence-electron chi connectivity index (χ4n) is 1.59. The van der Waals surface area contributed by atoms with Crippen LogP contribution in [0.5, 0.6) is 0 Å². The Labute approximate surface area is 63.6 Å². The third-order valence-corrected chi connectivity index (χ3v) is 2.06. The van der Waals surface area contributed by atoms with Crippen molar-refractivity contribution in [3.63, 3.8) is 0 Å². The lowest BCUT2D eigenvalue weighted by Gasteiger charge is -2.00. The van der Waals surface area contributed by atoms with E-state index in [2.05, 4.69) is 26.8 Å². The van der Waals surface area contributed by atoms with Crippen molar-refractivity contribution in [3.05, 3.63) is 22.8 Å². The van der Waals surface area contributed by atoms with Crippen molar-refractivity contribution in [1.29, 1.82) is 0 Å². The predicted molar refractivity (Wildman–Crippen MR) is 46.0 cm³/mol. The van der Waals surface area contributed by atoms with E-state index < -0.39 is 0 Å². The molecule has 0 amide bonds. The molecule has 0 bridgehead atoms. The number of allylic oxidation sites excluding steroid dienone is 4. The first-order valence-electron chi connectivity index (χ1n) is 4.10. The summed E-state index contributed by atoms with van der Waals surface area (Å²) in [5.41, 5.74) is 4.69. The van der Waals surface area contributed by atoms with E-state index in [9.17, 15) is 0 Å². The van der Waals surface area contributed by atoms with Crippen LogP contribution in [0.4, 0.5) is 0 Å². The van der Waals surface area contributed by atoms with Crippen LogP contribution in [-0.2, 0) is 0 Å². The summed E-state index contributed by atoms with van der Waals surface area (Å²) >= 11 is 0. The largest absolute Gasteiger partial charge is 0.0690 e.